The standard InChI is InChI=1S/C14H11ClN2O/c1-9-2-5-13(10(6-9)8-16)18-14-7-11(15)3-4-12(14)17/h2-7H,17H2,1H3. The number of nitrogens with two attached hydrogens (primary N) is 1. The third kappa shape index (κ3) is 2.55. The molecule has 0 bridgehead atoms. The second-order valence-electron chi connectivity index (χ2n) is 3.90. The number of halogens is 1. The van der Waals surface area contributed by atoms with Crippen LogP contribution in [-0.2, 0) is 0 Å². The molecule has 90 valence electrons. The van der Waals surface area contributed by atoms with Gasteiger partial charge in [0.15, 0.2) is 5.75 Å². The summed E-state index contributed by atoms with van der Waals surface area (Å²) in [6, 6.07) is 12.4. The molecule has 0 heterocycles. The van der Waals surface area contributed by atoms with Gasteiger partial charge in [-0.05, 0) is 36.8 Å². The SMILES string of the molecule is Cc1ccc(Oc2cc(Cl)ccc2N)c(C#N)c1. The Morgan fingerprint density at radius 1 is 1.17 bits per heavy atom. The Hall–Kier alpha value is -2.18. The van der Waals surface area contributed by atoms with Gasteiger partial charge in [0.05, 0.1) is 11.3 Å². The second kappa shape index (κ2) is 4.99. The Morgan fingerprint density at radius 2 is 1.94 bits per heavy atom. The van der Waals surface area contributed by atoms with Crippen molar-refractivity contribution in [3.05, 3.63) is 52.5 Å². The Kier molecular flexibility index (Phi) is 3.40. The summed E-state index contributed by atoms with van der Waals surface area (Å²) in [6.07, 6.45) is 0. The van der Waals surface area contributed by atoms with Crippen LogP contribution in [0.15, 0.2) is 36.4 Å². The maximum absolute atomic E-state index is 9.06. The highest BCUT2D eigenvalue weighted by Crippen LogP contribution is 2.32. The Labute approximate surface area is 110 Å². The van der Waals surface area contributed by atoms with Crippen LogP contribution in [0.25, 0.3) is 0 Å². The molecule has 0 saturated carbocycles. The summed E-state index contributed by atoms with van der Waals surface area (Å²) < 4.78 is 5.64. The molecule has 3 nitrogen and oxygen atoms in total. The van der Waals surface area contributed by atoms with Gasteiger partial charge >= 0.3 is 0 Å². The van der Waals surface area contributed by atoms with Gasteiger partial charge in [0, 0.05) is 11.1 Å². The fourth-order valence-corrected chi connectivity index (χ4v) is 1.70. The molecule has 0 aliphatic carbocycles. The van der Waals surface area contributed by atoms with Crippen LogP contribution in [0.5, 0.6) is 11.5 Å². The number of hydrogen-bond donors (Lipinski definition) is 1. The Bertz CT molecular complexity index is 632. The van der Waals surface area contributed by atoms with Crippen molar-refractivity contribution in [1.82, 2.24) is 0 Å². The number of rotatable bonds is 2. The van der Waals surface area contributed by atoms with Gasteiger partial charge in [-0.1, -0.05) is 17.7 Å². The Morgan fingerprint density at radius 3 is 2.67 bits per heavy atom. The molecule has 2 rings (SSSR count). The van der Waals surface area contributed by atoms with E-state index in [1.165, 1.54) is 0 Å². The molecule has 0 unspecified atom stereocenters. The van der Waals surface area contributed by atoms with Crippen molar-refractivity contribution in [2.75, 3.05) is 5.73 Å². The van der Waals surface area contributed by atoms with E-state index in [-0.39, 0.29) is 0 Å². The van der Waals surface area contributed by atoms with Crippen LogP contribution in [0.3, 0.4) is 0 Å². The van der Waals surface area contributed by atoms with Gasteiger partial charge < -0.3 is 10.5 Å². The molecule has 0 saturated heterocycles. The normalized spacial score (nSPS) is 9.83. The van der Waals surface area contributed by atoms with Crippen LogP contribution in [0, 0.1) is 18.3 Å². The van der Waals surface area contributed by atoms with E-state index in [0.717, 1.165) is 5.56 Å². The van der Waals surface area contributed by atoms with Crippen molar-refractivity contribution >= 4 is 17.3 Å². The maximum atomic E-state index is 9.06. The van der Waals surface area contributed by atoms with Crippen molar-refractivity contribution in [3.63, 3.8) is 0 Å². The van der Waals surface area contributed by atoms with E-state index in [1.54, 1.807) is 30.3 Å². The summed E-state index contributed by atoms with van der Waals surface area (Å²) in [5, 5.41) is 9.59. The monoisotopic (exact) mass is 258 g/mol. The van der Waals surface area contributed by atoms with E-state index < -0.39 is 0 Å². The first-order chi connectivity index (χ1) is 8.60. The topological polar surface area (TPSA) is 59.0 Å². The zero-order valence-corrected chi connectivity index (χ0v) is 10.5. The smallest absolute Gasteiger partial charge is 0.151 e. The van der Waals surface area contributed by atoms with Crippen LogP contribution in [0.1, 0.15) is 11.1 Å². The zero-order valence-electron chi connectivity index (χ0n) is 9.77. The lowest BCUT2D eigenvalue weighted by atomic mass is 10.1. The van der Waals surface area contributed by atoms with E-state index in [2.05, 4.69) is 6.07 Å². The van der Waals surface area contributed by atoms with Crippen LogP contribution in [-0.4, -0.2) is 0 Å². The molecule has 0 amide bonds. The molecule has 0 spiro atoms. The number of nitrogens with zero attached hydrogens (tertiary/aromatic N) is 1. The summed E-state index contributed by atoms with van der Waals surface area (Å²) in [6.45, 7) is 1.92. The second-order valence-corrected chi connectivity index (χ2v) is 4.33. The number of nitrogen functional groups attached to an aromatic ring is 1. The highest BCUT2D eigenvalue weighted by atomic mass is 35.5. The highest BCUT2D eigenvalue weighted by Gasteiger charge is 2.07. The molecule has 0 atom stereocenters. The van der Waals surface area contributed by atoms with Crippen LogP contribution in [0.4, 0.5) is 5.69 Å². The fourth-order valence-electron chi connectivity index (χ4n) is 1.54. The van der Waals surface area contributed by atoms with E-state index in [0.29, 0.717) is 27.8 Å². The van der Waals surface area contributed by atoms with Gasteiger partial charge in [0.2, 0.25) is 0 Å². The first-order valence-corrected chi connectivity index (χ1v) is 5.71. The van der Waals surface area contributed by atoms with E-state index in [4.69, 9.17) is 27.3 Å². The van der Waals surface area contributed by atoms with Crippen molar-refractivity contribution in [3.8, 4) is 17.6 Å². The first-order valence-electron chi connectivity index (χ1n) is 5.34. The van der Waals surface area contributed by atoms with Crippen molar-refractivity contribution < 1.29 is 4.74 Å². The summed E-state index contributed by atoms with van der Waals surface area (Å²) in [5.74, 6) is 0.917. The summed E-state index contributed by atoms with van der Waals surface area (Å²) >= 11 is 5.88. The van der Waals surface area contributed by atoms with Crippen molar-refractivity contribution in [1.29, 1.82) is 5.26 Å². The van der Waals surface area contributed by atoms with Gasteiger partial charge in [-0.2, -0.15) is 5.26 Å². The van der Waals surface area contributed by atoms with E-state index >= 15 is 0 Å². The highest BCUT2D eigenvalue weighted by molar-refractivity contribution is 6.30. The van der Waals surface area contributed by atoms with Crippen LogP contribution >= 0.6 is 11.6 Å². The zero-order chi connectivity index (χ0) is 13.1. The minimum Gasteiger partial charge on any atom is -0.454 e. The van der Waals surface area contributed by atoms with Crippen LogP contribution in [0.2, 0.25) is 5.02 Å². The van der Waals surface area contributed by atoms with Crippen molar-refractivity contribution in [2.45, 2.75) is 6.92 Å². The maximum Gasteiger partial charge on any atom is 0.151 e. The summed E-state index contributed by atoms with van der Waals surface area (Å²) in [5.41, 5.74) is 7.73. The van der Waals surface area contributed by atoms with Gasteiger partial charge in [0.1, 0.15) is 11.8 Å². The molecular formula is C14H11ClN2O. The first kappa shape index (κ1) is 12.3. The van der Waals surface area contributed by atoms with Gasteiger partial charge in [-0.25, -0.2) is 0 Å². The molecule has 2 N–H and O–H groups in total. The third-order valence-electron chi connectivity index (χ3n) is 2.45. The fraction of sp³-hybridized carbons (Fsp3) is 0.0714. The predicted molar refractivity (Wildman–Crippen MR) is 71.8 cm³/mol. The van der Waals surface area contributed by atoms with Crippen molar-refractivity contribution in [2.24, 2.45) is 0 Å². The molecule has 0 aromatic heterocycles. The summed E-state index contributed by atoms with van der Waals surface area (Å²) in [7, 11) is 0. The van der Waals surface area contributed by atoms with Gasteiger partial charge in [0.25, 0.3) is 0 Å². The lowest BCUT2D eigenvalue weighted by Gasteiger charge is -2.10. The predicted octanol–water partition coefficient (Wildman–Crippen LogP) is 3.89. The molecule has 0 aliphatic rings. The minimum atomic E-state index is 0.447. The average molecular weight is 259 g/mol. The Balaban J connectivity index is 2.40. The minimum absolute atomic E-state index is 0.447. The lowest BCUT2D eigenvalue weighted by Crippen LogP contribution is -1.94. The number of hydrogen-bond acceptors (Lipinski definition) is 3. The molecular weight excluding hydrogens is 248 g/mol. The molecule has 0 fully saturated rings. The number of anilines is 1. The molecule has 18 heavy (non-hydrogen) atoms. The molecule has 0 aliphatic heterocycles. The van der Waals surface area contributed by atoms with E-state index in [1.807, 2.05) is 13.0 Å². The molecule has 0 radical (unpaired) electrons. The van der Waals surface area contributed by atoms with Gasteiger partial charge in [-0.3, -0.25) is 0 Å². The average Bonchev–Trinajstić information content (AvgIpc) is 2.36. The largest absolute Gasteiger partial charge is 0.454 e. The number of ether oxygens (including phenoxy) is 1. The van der Waals surface area contributed by atoms with E-state index in [9.17, 15) is 0 Å². The molecule has 4 heteroatoms. The third-order valence-corrected chi connectivity index (χ3v) is 2.69. The summed E-state index contributed by atoms with van der Waals surface area (Å²) in [4.78, 5) is 0. The number of aryl methyl sites for hydroxylation is 1. The molecule has 2 aromatic carbocycles. The number of nitriles is 1. The van der Waals surface area contributed by atoms with Crippen LogP contribution < -0.4 is 10.5 Å². The quantitative estimate of drug-likeness (QED) is 0.831. The molecule has 2 aromatic rings. The lowest BCUT2D eigenvalue weighted by molar-refractivity contribution is 0.483. The van der Waals surface area contributed by atoms with Gasteiger partial charge in [-0.15, -0.1) is 0 Å². The number of benzene rings is 2.